The van der Waals surface area contributed by atoms with Crippen LogP contribution in [0, 0.1) is 0 Å². The van der Waals surface area contributed by atoms with Crippen molar-refractivity contribution in [3.05, 3.63) is 0 Å². The van der Waals surface area contributed by atoms with Crippen LogP contribution >= 0.6 is 0 Å². The van der Waals surface area contributed by atoms with Gasteiger partial charge in [0.1, 0.15) is 0 Å². The number of halogens is 1. The molecule has 0 saturated carbocycles. The summed E-state index contributed by atoms with van der Waals surface area (Å²) in [5.41, 5.74) is 0. The molecule has 0 radical (unpaired) electrons. The highest BCUT2D eigenvalue weighted by atomic mass is 19.1. The van der Waals surface area contributed by atoms with Crippen molar-refractivity contribution >= 4 is 0 Å². The molecule has 1 aliphatic heterocycles. The molecule has 0 aromatic heterocycles. The van der Waals surface area contributed by atoms with Crippen molar-refractivity contribution in [2.75, 3.05) is 26.9 Å². The first-order chi connectivity index (χ1) is 5.72. The number of hydrogen-bond donors (Lipinski definition) is 1. The molecule has 3 nitrogen and oxygen atoms in total. The number of hydrogen-bond acceptors (Lipinski definition) is 3. The van der Waals surface area contributed by atoms with E-state index in [0.29, 0.717) is 19.1 Å². The summed E-state index contributed by atoms with van der Waals surface area (Å²) in [6, 6.07) is 0.291. The van der Waals surface area contributed by atoms with Crippen LogP contribution in [0.2, 0.25) is 0 Å². The van der Waals surface area contributed by atoms with Crippen molar-refractivity contribution in [2.24, 2.45) is 0 Å². The molecule has 0 aromatic carbocycles. The molecule has 0 aliphatic carbocycles. The number of rotatable bonds is 4. The Hall–Kier alpha value is -0.190. The van der Waals surface area contributed by atoms with Crippen LogP contribution in [0.3, 0.4) is 0 Å². The maximum absolute atomic E-state index is 12.6. The third-order valence-corrected chi connectivity index (χ3v) is 1.98. The number of nitrogens with one attached hydrogen (secondary N) is 1. The molecule has 0 bridgehead atoms. The van der Waals surface area contributed by atoms with Gasteiger partial charge in [-0.25, -0.2) is 4.39 Å². The van der Waals surface area contributed by atoms with Crippen LogP contribution in [0.1, 0.15) is 13.3 Å². The Labute approximate surface area is 72.9 Å². The van der Waals surface area contributed by atoms with Crippen LogP contribution in [0.5, 0.6) is 0 Å². The van der Waals surface area contributed by atoms with E-state index in [-0.39, 0.29) is 0 Å². The summed E-state index contributed by atoms with van der Waals surface area (Å²) in [5, 5.41) is 3.22. The van der Waals surface area contributed by atoms with E-state index in [4.69, 9.17) is 4.74 Å². The first-order valence-corrected chi connectivity index (χ1v) is 4.40. The molecule has 12 heavy (non-hydrogen) atoms. The summed E-state index contributed by atoms with van der Waals surface area (Å²) >= 11 is 0. The van der Waals surface area contributed by atoms with E-state index < -0.39 is 6.36 Å². The molecule has 1 N–H and O–H groups in total. The SMILES string of the molecule is CCC(F)OCC1CN(C)CN1. The second-order valence-corrected chi connectivity index (χ2v) is 3.25. The molecular weight excluding hydrogens is 159 g/mol. The molecule has 4 heteroatoms. The maximum Gasteiger partial charge on any atom is 0.198 e. The van der Waals surface area contributed by atoms with Gasteiger partial charge >= 0.3 is 0 Å². The Balaban J connectivity index is 2.07. The average Bonchev–Trinajstić information content (AvgIpc) is 2.47. The van der Waals surface area contributed by atoms with Gasteiger partial charge in [-0.05, 0) is 7.05 Å². The number of ether oxygens (including phenoxy) is 1. The van der Waals surface area contributed by atoms with Gasteiger partial charge in [-0.1, -0.05) is 6.92 Å². The Morgan fingerprint density at radius 3 is 3.00 bits per heavy atom. The number of alkyl halides is 1. The van der Waals surface area contributed by atoms with Gasteiger partial charge in [-0.15, -0.1) is 0 Å². The highest BCUT2D eigenvalue weighted by Crippen LogP contribution is 2.03. The summed E-state index contributed by atoms with van der Waals surface area (Å²) in [7, 11) is 2.03. The van der Waals surface area contributed by atoms with Gasteiger partial charge in [0.15, 0.2) is 6.36 Å². The van der Waals surface area contributed by atoms with Crippen molar-refractivity contribution in [2.45, 2.75) is 25.7 Å². The van der Waals surface area contributed by atoms with Crippen molar-refractivity contribution in [1.29, 1.82) is 0 Å². The first kappa shape index (κ1) is 9.89. The molecule has 2 unspecified atom stereocenters. The monoisotopic (exact) mass is 176 g/mol. The molecule has 0 spiro atoms. The second kappa shape index (κ2) is 4.74. The van der Waals surface area contributed by atoms with Crippen molar-refractivity contribution in [1.82, 2.24) is 10.2 Å². The molecule has 1 saturated heterocycles. The minimum Gasteiger partial charge on any atom is -0.346 e. The molecule has 1 heterocycles. The van der Waals surface area contributed by atoms with Gasteiger partial charge in [0, 0.05) is 25.7 Å². The molecule has 1 fully saturated rings. The third kappa shape index (κ3) is 3.05. The van der Waals surface area contributed by atoms with Gasteiger partial charge in [-0.3, -0.25) is 10.2 Å². The predicted molar refractivity (Wildman–Crippen MR) is 45.6 cm³/mol. The normalized spacial score (nSPS) is 27.8. The Kier molecular flexibility index (Phi) is 3.91. The zero-order valence-electron chi connectivity index (χ0n) is 7.72. The molecule has 1 rings (SSSR count). The van der Waals surface area contributed by atoms with Gasteiger partial charge in [0.05, 0.1) is 6.61 Å². The van der Waals surface area contributed by atoms with Crippen LogP contribution in [0.15, 0.2) is 0 Å². The topological polar surface area (TPSA) is 24.5 Å². The summed E-state index contributed by atoms with van der Waals surface area (Å²) in [4.78, 5) is 2.15. The zero-order chi connectivity index (χ0) is 8.97. The van der Waals surface area contributed by atoms with E-state index in [0.717, 1.165) is 13.2 Å². The third-order valence-electron chi connectivity index (χ3n) is 1.98. The lowest BCUT2D eigenvalue weighted by Crippen LogP contribution is -2.30. The fourth-order valence-corrected chi connectivity index (χ4v) is 1.24. The Morgan fingerprint density at radius 2 is 2.50 bits per heavy atom. The van der Waals surface area contributed by atoms with Crippen molar-refractivity contribution in [3.8, 4) is 0 Å². The molecule has 1 aliphatic rings. The number of likely N-dealkylation sites (N-methyl/N-ethyl adjacent to an activating group) is 1. The highest BCUT2D eigenvalue weighted by molar-refractivity contribution is 4.75. The lowest BCUT2D eigenvalue weighted by Gasteiger charge is -2.12. The molecule has 0 aromatic rings. The van der Waals surface area contributed by atoms with E-state index in [1.807, 2.05) is 7.05 Å². The minimum absolute atomic E-state index is 0.291. The van der Waals surface area contributed by atoms with Gasteiger partial charge in [0.25, 0.3) is 0 Å². The fourth-order valence-electron chi connectivity index (χ4n) is 1.24. The fraction of sp³-hybridized carbons (Fsp3) is 1.00. The molecule has 0 amide bonds. The molecular formula is C8H17FN2O. The van der Waals surface area contributed by atoms with E-state index in [1.165, 1.54) is 0 Å². The summed E-state index contributed by atoms with van der Waals surface area (Å²) < 4.78 is 17.6. The van der Waals surface area contributed by atoms with E-state index in [1.54, 1.807) is 6.92 Å². The van der Waals surface area contributed by atoms with E-state index >= 15 is 0 Å². The summed E-state index contributed by atoms with van der Waals surface area (Å²) in [6.45, 7) is 4.06. The van der Waals surface area contributed by atoms with Crippen LogP contribution in [0.25, 0.3) is 0 Å². The van der Waals surface area contributed by atoms with E-state index in [2.05, 4.69) is 10.2 Å². The summed E-state index contributed by atoms with van der Waals surface area (Å²) in [5.74, 6) is 0. The number of nitrogens with zero attached hydrogens (tertiary/aromatic N) is 1. The van der Waals surface area contributed by atoms with E-state index in [9.17, 15) is 4.39 Å². The van der Waals surface area contributed by atoms with Crippen molar-refractivity contribution in [3.63, 3.8) is 0 Å². The smallest absolute Gasteiger partial charge is 0.198 e. The maximum atomic E-state index is 12.6. The largest absolute Gasteiger partial charge is 0.346 e. The van der Waals surface area contributed by atoms with Crippen molar-refractivity contribution < 1.29 is 9.13 Å². The molecule has 72 valence electrons. The zero-order valence-corrected chi connectivity index (χ0v) is 7.72. The van der Waals surface area contributed by atoms with Crippen LogP contribution in [-0.2, 0) is 4.74 Å². The highest BCUT2D eigenvalue weighted by Gasteiger charge is 2.19. The molecule has 2 atom stereocenters. The standard InChI is InChI=1S/C8H17FN2O/c1-3-8(9)12-5-7-4-11(2)6-10-7/h7-8,10H,3-6H2,1-2H3. The van der Waals surface area contributed by atoms with Gasteiger partial charge < -0.3 is 4.74 Å². The van der Waals surface area contributed by atoms with Gasteiger partial charge in [-0.2, -0.15) is 0 Å². The summed E-state index contributed by atoms with van der Waals surface area (Å²) in [6.07, 6.45) is -0.666. The quantitative estimate of drug-likeness (QED) is 0.677. The Bertz CT molecular complexity index is 134. The Morgan fingerprint density at radius 1 is 1.75 bits per heavy atom. The second-order valence-electron chi connectivity index (χ2n) is 3.25. The van der Waals surface area contributed by atoms with Crippen LogP contribution in [-0.4, -0.2) is 44.2 Å². The average molecular weight is 176 g/mol. The lowest BCUT2D eigenvalue weighted by molar-refractivity contribution is -0.0464. The minimum atomic E-state index is -1.10. The van der Waals surface area contributed by atoms with Crippen LogP contribution < -0.4 is 5.32 Å². The van der Waals surface area contributed by atoms with Gasteiger partial charge in [0.2, 0.25) is 0 Å². The van der Waals surface area contributed by atoms with Crippen LogP contribution in [0.4, 0.5) is 4.39 Å². The lowest BCUT2D eigenvalue weighted by atomic mass is 10.3. The first-order valence-electron chi connectivity index (χ1n) is 4.40. The predicted octanol–water partition coefficient (Wildman–Crippen LogP) is 0.570.